The van der Waals surface area contributed by atoms with Crippen LogP contribution in [0.15, 0.2) is 63.6 Å². The number of anilines is 1. The lowest BCUT2D eigenvalue weighted by Gasteiger charge is -2.13. The summed E-state index contributed by atoms with van der Waals surface area (Å²) in [5.41, 5.74) is 6.27. The zero-order valence-electron chi connectivity index (χ0n) is 14.7. The zero-order valence-corrected chi connectivity index (χ0v) is 17.1. The van der Waals surface area contributed by atoms with Gasteiger partial charge in [-0.15, -0.1) is 0 Å². The Morgan fingerprint density at radius 1 is 1.18 bits per heavy atom. The van der Waals surface area contributed by atoms with Crippen LogP contribution in [0.2, 0.25) is 10.0 Å². The van der Waals surface area contributed by atoms with Crippen LogP contribution in [0.5, 0.6) is 0 Å². The average molecular weight is 434 g/mol. The van der Waals surface area contributed by atoms with Crippen molar-refractivity contribution < 1.29 is 13.2 Å². The van der Waals surface area contributed by atoms with Crippen LogP contribution in [0.3, 0.4) is 0 Å². The normalized spacial score (nSPS) is 13.1. The highest BCUT2D eigenvalue weighted by molar-refractivity contribution is 7.92. The van der Waals surface area contributed by atoms with E-state index < -0.39 is 15.8 Å². The summed E-state index contributed by atoms with van der Waals surface area (Å²) >= 11 is 11.9. The summed E-state index contributed by atoms with van der Waals surface area (Å²) in [6, 6.07) is 5.60. The van der Waals surface area contributed by atoms with E-state index in [4.69, 9.17) is 23.2 Å². The first kappa shape index (κ1) is 20.1. The van der Waals surface area contributed by atoms with Gasteiger partial charge >= 0.3 is 0 Å². The SMILES string of the molecule is CC1=NC=C=C=C1C(=O)c1ncc(Cl)cc1NS(=O)(=O)c1ccc(Cl)c(C)c1. The molecule has 1 aromatic carbocycles. The van der Waals surface area contributed by atoms with Crippen molar-refractivity contribution >= 4 is 50.4 Å². The maximum Gasteiger partial charge on any atom is 0.261 e. The molecule has 1 aliphatic heterocycles. The number of sulfonamides is 1. The van der Waals surface area contributed by atoms with E-state index in [2.05, 4.69) is 26.2 Å². The van der Waals surface area contributed by atoms with Crippen LogP contribution in [0.25, 0.3) is 0 Å². The van der Waals surface area contributed by atoms with Crippen LogP contribution in [0, 0.1) is 6.92 Å². The molecular weight excluding hydrogens is 421 g/mol. The molecule has 0 amide bonds. The number of hydrogen-bond donors (Lipinski definition) is 1. The molecule has 0 saturated heterocycles. The number of aromatic nitrogens is 1. The molecule has 1 aromatic heterocycles. The highest BCUT2D eigenvalue weighted by Crippen LogP contribution is 2.26. The van der Waals surface area contributed by atoms with Gasteiger partial charge in [-0.2, -0.15) is 0 Å². The van der Waals surface area contributed by atoms with Gasteiger partial charge in [0.05, 0.1) is 33.1 Å². The molecule has 142 valence electrons. The lowest BCUT2D eigenvalue weighted by atomic mass is 10.0. The van der Waals surface area contributed by atoms with Gasteiger partial charge < -0.3 is 0 Å². The summed E-state index contributed by atoms with van der Waals surface area (Å²) in [4.78, 5) is 20.9. The maximum absolute atomic E-state index is 12.9. The molecule has 2 heterocycles. The monoisotopic (exact) mass is 433 g/mol. The molecule has 9 heteroatoms. The van der Waals surface area contributed by atoms with E-state index in [-0.39, 0.29) is 26.9 Å². The number of benzene rings is 1. The van der Waals surface area contributed by atoms with Gasteiger partial charge in [0.1, 0.15) is 5.69 Å². The Bertz CT molecular complexity index is 1240. The topological polar surface area (TPSA) is 88.5 Å². The Morgan fingerprint density at radius 3 is 2.61 bits per heavy atom. The van der Waals surface area contributed by atoms with Crippen molar-refractivity contribution in [1.82, 2.24) is 4.98 Å². The van der Waals surface area contributed by atoms with Crippen LogP contribution in [-0.4, -0.2) is 24.9 Å². The molecule has 0 atom stereocenters. The third-order valence-electron chi connectivity index (χ3n) is 3.86. The fraction of sp³-hybridized carbons (Fsp3) is 0.105. The second-order valence-corrected chi connectivity index (χ2v) is 8.41. The molecule has 0 bridgehead atoms. The summed E-state index contributed by atoms with van der Waals surface area (Å²) in [6.07, 6.45) is 2.64. The van der Waals surface area contributed by atoms with Gasteiger partial charge in [-0.05, 0) is 49.4 Å². The first-order chi connectivity index (χ1) is 13.2. The third-order valence-corrected chi connectivity index (χ3v) is 5.86. The number of nitrogens with zero attached hydrogens (tertiary/aromatic N) is 2. The summed E-state index contributed by atoms with van der Waals surface area (Å²) in [5.74, 6) is -0.552. The van der Waals surface area contributed by atoms with Gasteiger partial charge in [-0.25, -0.2) is 13.4 Å². The van der Waals surface area contributed by atoms with Crippen molar-refractivity contribution in [2.45, 2.75) is 18.7 Å². The zero-order chi connectivity index (χ0) is 20.5. The molecule has 1 aliphatic rings. The quantitative estimate of drug-likeness (QED) is 0.560. The minimum absolute atomic E-state index is 0.00905. The van der Waals surface area contributed by atoms with Crippen molar-refractivity contribution in [3.05, 3.63) is 75.0 Å². The number of pyridine rings is 1. The first-order valence-electron chi connectivity index (χ1n) is 7.93. The van der Waals surface area contributed by atoms with Crippen LogP contribution < -0.4 is 4.72 Å². The summed E-state index contributed by atoms with van der Waals surface area (Å²) in [7, 11) is -4.01. The first-order valence-corrected chi connectivity index (χ1v) is 10.2. The second kappa shape index (κ2) is 7.76. The summed E-state index contributed by atoms with van der Waals surface area (Å²) in [5, 5.41) is 0.609. The van der Waals surface area contributed by atoms with Crippen LogP contribution in [0.4, 0.5) is 5.69 Å². The van der Waals surface area contributed by atoms with E-state index >= 15 is 0 Å². The number of Topliss-reactive ketones (excluding diaryl/α,β-unsaturated/α-hetero) is 1. The standard InChI is InChI=1S/C19H13Cl2N3O3S/c1-11-8-14(5-6-16(11)21)28(26,27)24-17-9-13(20)10-23-18(17)19(25)15-4-3-7-22-12(15)2/h5-10,24H,1-2H3. The average Bonchev–Trinajstić information content (AvgIpc) is 2.63. The van der Waals surface area contributed by atoms with Gasteiger partial charge in [-0.1, -0.05) is 28.9 Å². The highest BCUT2D eigenvalue weighted by Gasteiger charge is 2.24. The minimum Gasteiger partial charge on any atom is -0.286 e. The number of halogens is 2. The van der Waals surface area contributed by atoms with E-state index in [1.807, 2.05) is 0 Å². The Morgan fingerprint density at radius 2 is 1.93 bits per heavy atom. The number of ketones is 1. The van der Waals surface area contributed by atoms with E-state index in [1.54, 1.807) is 13.8 Å². The largest absolute Gasteiger partial charge is 0.286 e. The Labute approximate surface area is 172 Å². The Kier molecular flexibility index (Phi) is 5.57. The molecule has 0 spiro atoms. The lowest BCUT2D eigenvalue weighted by Crippen LogP contribution is -2.19. The Balaban J connectivity index is 2.05. The fourth-order valence-corrected chi connectivity index (χ4v) is 3.83. The van der Waals surface area contributed by atoms with Crippen molar-refractivity contribution in [2.75, 3.05) is 4.72 Å². The molecule has 0 saturated carbocycles. The number of rotatable bonds is 5. The van der Waals surface area contributed by atoms with E-state index in [0.29, 0.717) is 16.3 Å². The molecule has 0 aliphatic carbocycles. The van der Waals surface area contributed by atoms with Gasteiger partial charge in [0.15, 0.2) is 0 Å². The molecule has 28 heavy (non-hydrogen) atoms. The summed E-state index contributed by atoms with van der Waals surface area (Å²) in [6.45, 7) is 3.32. The minimum atomic E-state index is -4.01. The summed E-state index contributed by atoms with van der Waals surface area (Å²) < 4.78 is 28.0. The molecule has 3 rings (SSSR count). The number of hydrogen-bond acceptors (Lipinski definition) is 5. The number of aryl methyl sites for hydroxylation is 1. The predicted octanol–water partition coefficient (Wildman–Crippen LogP) is 4.35. The van der Waals surface area contributed by atoms with Gasteiger partial charge in [0, 0.05) is 11.2 Å². The Hall–Kier alpha value is -2.66. The number of aliphatic imine (C=N–C) groups is 1. The molecule has 2 aromatic rings. The predicted molar refractivity (Wildman–Crippen MR) is 109 cm³/mol. The second-order valence-electron chi connectivity index (χ2n) is 5.88. The number of allylic oxidation sites excluding steroid dienone is 1. The van der Waals surface area contributed by atoms with E-state index in [1.165, 1.54) is 36.7 Å². The molecule has 0 radical (unpaired) electrons. The van der Waals surface area contributed by atoms with E-state index in [9.17, 15) is 13.2 Å². The smallest absolute Gasteiger partial charge is 0.261 e. The van der Waals surface area contributed by atoms with Crippen LogP contribution >= 0.6 is 23.2 Å². The lowest BCUT2D eigenvalue weighted by molar-refractivity contribution is 0.103. The van der Waals surface area contributed by atoms with Crippen molar-refractivity contribution in [1.29, 1.82) is 0 Å². The number of carbonyl (C=O) groups excluding carboxylic acids is 1. The van der Waals surface area contributed by atoms with Gasteiger partial charge in [0.2, 0.25) is 5.78 Å². The van der Waals surface area contributed by atoms with Crippen LogP contribution in [-0.2, 0) is 10.0 Å². The van der Waals surface area contributed by atoms with Crippen molar-refractivity contribution in [3.8, 4) is 0 Å². The van der Waals surface area contributed by atoms with Gasteiger partial charge in [0.25, 0.3) is 10.0 Å². The maximum atomic E-state index is 12.9. The van der Waals surface area contributed by atoms with Crippen LogP contribution in [0.1, 0.15) is 23.0 Å². The van der Waals surface area contributed by atoms with Crippen molar-refractivity contribution in [3.63, 3.8) is 0 Å². The molecule has 0 fully saturated rings. The van der Waals surface area contributed by atoms with Gasteiger partial charge in [-0.3, -0.25) is 14.5 Å². The fourth-order valence-electron chi connectivity index (χ4n) is 2.41. The molecular formula is C19H13Cl2N3O3S. The van der Waals surface area contributed by atoms with Crippen molar-refractivity contribution in [2.24, 2.45) is 4.99 Å². The van der Waals surface area contributed by atoms with E-state index in [0.717, 1.165) is 0 Å². The molecule has 1 N–H and O–H groups in total. The highest BCUT2D eigenvalue weighted by atomic mass is 35.5. The third kappa shape index (κ3) is 4.09. The molecule has 0 unspecified atom stereocenters. The number of carbonyl (C=O) groups is 1. The number of nitrogens with one attached hydrogen (secondary N) is 1. The molecule has 6 nitrogen and oxygen atoms in total.